The molecule has 9 heteroatoms. The fourth-order valence-corrected chi connectivity index (χ4v) is 2.95. The van der Waals surface area contributed by atoms with Crippen LogP contribution in [-0.4, -0.2) is 61.0 Å². The highest BCUT2D eigenvalue weighted by atomic mass is 16.5. The normalized spacial score (nSPS) is 16.2. The Hall–Kier alpha value is -2.55. The molecule has 4 heterocycles. The molecule has 4 rings (SSSR count). The predicted octanol–water partition coefficient (Wildman–Crippen LogP) is 0.700. The molecular formula is C15H20N8O. The van der Waals surface area contributed by atoms with Crippen LogP contribution in [0.25, 0.3) is 5.65 Å². The summed E-state index contributed by atoms with van der Waals surface area (Å²) in [5.41, 5.74) is 0.793. The molecule has 0 radical (unpaired) electrons. The lowest BCUT2D eigenvalue weighted by atomic mass is 10.3. The number of piperazine rings is 1. The maximum absolute atomic E-state index is 5.03. The number of nitrogens with zero attached hydrogens (tertiary/aromatic N) is 8. The third kappa shape index (κ3) is 2.82. The van der Waals surface area contributed by atoms with Crippen molar-refractivity contribution in [3.8, 4) is 0 Å². The average molecular weight is 328 g/mol. The molecule has 0 atom stereocenters. The van der Waals surface area contributed by atoms with E-state index in [1.165, 1.54) is 0 Å². The van der Waals surface area contributed by atoms with E-state index < -0.39 is 0 Å². The molecule has 0 aliphatic carbocycles. The van der Waals surface area contributed by atoms with Crippen LogP contribution < -0.4 is 4.90 Å². The van der Waals surface area contributed by atoms with E-state index in [2.05, 4.69) is 37.1 Å². The van der Waals surface area contributed by atoms with Crippen molar-refractivity contribution in [1.29, 1.82) is 0 Å². The van der Waals surface area contributed by atoms with E-state index in [1.807, 2.05) is 23.6 Å². The highest BCUT2D eigenvalue weighted by Crippen LogP contribution is 2.16. The fourth-order valence-electron chi connectivity index (χ4n) is 2.95. The van der Waals surface area contributed by atoms with E-state index in [-0.39, 0.29) is 0 Å². The summed E-state index contributed by atoms with van der Waals surface area (Å²) in [4.78, 5) is 8.88. The molecule has 0 amide bonds. The van der Waals surface area contributed by atoms with E-state index in [0.29, 0.717) is 5.89 Å². The van der Waals surface area contributed by atoms with Crippen LogP contribution in [0.2, 0.25) is 0 Å². The first kappa shape index (κ1) is 15.0. The van der Waals surface area contributed by atoms with Crippen molar-refractivity contribution in [3.63, 3.8) is 0 Å². The Morgan fingerprint density at radius 1 is 1.12 bits per heavy atom. The van der Waals surface area contributed by atoms with Crippen LogP contribution in [0.15, 0.2) is 16.7 Å². The molecule has 1 saturated heterocycles. The van der Waals surface area contributed by atoms with Gasteiger partial charge in [-0.15, -0.1) is 15.3 Å². The Labute approximate surface area is 139 Å². The van der Waals surface area contributed by atoms with Crippen LogP contribution in [0.4, 0.5) is 5.82 Å². The van der Waals surface area contributed by atoms with Crippen molar-refractivity contribution in [2.45, 2.75) is 26.8 Å². The largest absolute Gasteiger partial charge is 0.353 e. The lowest BCUT2D eigenvalue weighted by molar-refractivity contribution is 0.239. The van der Waals surface area contributed by atoms with E-state index in [0.717, 1.165) is 62.3 Å². The molecule has 1 aliphatic rings. The first-order valence-corrected chi connectivity index (χ1v) is 8.21. The molecule has 24 heavy (non-hydrogen) atoms. The maximum Gasteiger partial charge on any atom is 0.223 e. The second-order valence-electron chi connectivity index (χ2n) is 5.92. The van der Waals surface area contributed by atoms with Crippen molar-refractivity contribution < 1.29 is 4.52 Å². The minimum absolute atomic E-state index is 0.613. The van der Waals surface area contributed by atoms with Gasteiger partial charge in [0.05, 0.1) is 6.54 Å². The number of hydrogen-bond donors (Lipinski definition) is 0. The Bertz CT molecular complexity index is 833. The monoisotopic (exact) mass is 328 g/mol. The summed E-state index contributed by atoms with van der Waals surface area (Å²) < 4.78 is 6.87. The Morgan fingerprint density at radius 2 is 1.96 bits per heavy atom. The summed E-state index contributed by atoms with van der Waals surface area (Å²) in [7, 11) is 0. The van der Waals surface area contributed by atoms with Crippen molar-refractivity contribution in [2.24, 2.45) is 0 Å². The quantitative estimate of drug-likeness (QED) is 0.691. The number of aromatic nitrogens is 6. The zero-order valence-corrected chi connectivity index (χ0v) is 13.9. The Kier molecular flexibility index (Phi) is 3.85. The molecule has 0 unspecified atom stereocenters. The summed E-state index contributed by atoms with van der Waals surface area (Å²) in [6.07, 6.45) is 0.815. The van der Waals surface area contributed by atoms with E-state index in [1.54, 1.807) is 0 Å². The second kappa shape index (κ2) is 6.16. The molecule has 0 spiro atoms. The minimum atomic E-state index is 0.613. The SMILES string of the molecule is CCc1nnc2ccc(N3CCN(Cc4noc(C)n4)CC3)nn12. The predicted molar refractivity (Wildman–Crippen MR) is 86.7 cm³/mol. The van der Waals surface area contributed by atoms with Gasteiger partial charge in [-0.2, -0.15) is 9.50 Å². The molecule has 3 aromatic heterocycles. The van der Waals surface area contributed by atoms with E-state index in [9.17, 15) is 0 Å². The third-order valence-electron chi connectivity index (χ3n) is 4.26. The first-order valence-electron chi connectivity index (χ1n) is 8.21. The molecular weight excluding hydrogens is 308 g/mol. The number of rotatable bonds is 4. The molecule has 3 aromatic rings. The molecule has 0 N–H and O–H groups in total. The number of fused-ring (bicyclic) bond motifs is 1. The van der Waals surface area contributed by atoms with Gasteiger partial charge in [-0.1, -0.05) is 12.1 Å². The summed E-state index contributed by atoms with van der Waals surface area (Å²) >= 11 is 0. The summed E-state index contributed by atoms with van der Waals surface area (Å²) in [6, 6.07) is 3.99. The van der Waals surface area contributed by atoms with Gasteiger partial charge in [0.25, 0.3) is 0 Å². The van der Waals surface area contributed by atoms with Crippen LogP contribution >= 0.6 is 0 Å². The molecule has 9 nitrogen and oxygen atoms in total. The van der Waals surface area contributed by atoms with E-state index >= 15 is 0 Å². The lowest BCUT2D eigenvalue weighted by Gasteiger charge is -2.34. The highest BCUT2D eigenvalue weighted by molar-refractivity contribution is 5.46. The van der Waals surface area contributed by atoms with Gasteiger partial charge < -0.3 is 9.42 Å². The number of hydrogen-bond acceptors (Lipinski definition) is 8. The summed E-state index contributed by atoms with van der Waals surface area (Å²) in [5, 5.41) is 17.0. The van der Waals surface area contributed by atoms with Crippen LogP contribution in [-0.2, 0) is 13.0 Å². The zero-order chi connectivity index (χ0) is 16.5. The van der Waals surface area contributed by atoms with Gasteiger partial charge in [-0.3, -0.25) is 4.90 Å². The van der Waals surface area contributed by atoms with Crippen LogP contribution in [0.1, 0.15) is 24.5 Å². The van der Waals surface area contributed by atoms with Crippen molar-refractivity contribution in [1.82, 2.24) is 34.9 Å². The summed E-state index contributed by atoms with van der Waals surface area (Å²) in [5.74, 6) is 3.21. The van der Waals surface area contributed by atoms with Crippen molar-refractivity contribution >= 4 is 11.5 Å². The van der Waals surface area contributed by atoms with Crippen molar-refractivity contribution in [2.75, 3.05) is 31.1 Å². The van der Waals surface area contributed by atoms with Gasteiger partial charge in [0.15, 0.2) is 17.3 Å². The van der Waals surface area contributed by atoms with Gasteiger partial charge in [0, 0.05) is 39.5 Å². The van der Waals surface area contributed by atoms with Crippen LogP contribution in [0.3, 0.4) is 0 Å². The highest BCUT2D eigenvalue weighted by Gasteiger charge is 2.20. The van der Waals surface area contributed by atoms with Gasteiger partial charge in [-0.05, 0) is 12.1 Å². The average Bonchev–Trinajstić information content (AvgIpc) is 3.20. The van der Waals surface area contributed by atoms with E-state index in [4.69, 9.17) is 9.62 Å². The second-order valence-corrected chi connectivity index (χ2v) is 5.92. The van der Waals surface area contributed by atoms with Crippen LogP contribution in [0, 0.1) is 6.92 Å². The topological polar surface area (TPSA) is 88.5 Å². The maximum atomic E-state index is 5.03. The molecule has 126 valence electrons. The first-order chi connectivity index (χ1) is 11.7. The smallest absolute Gasteiger partial charge is 0.223 e. The van der Waals surface area contributed by atoms with Crippen molar-refractivity contribution in [3.05, 3.63) is 29.7 Å². The van der Waals surface area contributed by atoms with Gasteiger partial charge >= 0.3 is 0 Å². The Morgan fingerprint density at radius 3 is 2.67 bits per heavy atom. The van der Waals surface area contributed by atoms with Gasteiger partial charge in [-0.25, -0.2) is 0 Å². The van der Waals surface area contributed by atoms with Crippen LogP contribution in [0.5, 0.6) is 0 Å². The molecule has 0 bridgehead atoms. The number of anilines is 1. The molecule has 1 aliphatic heterocycles. The third-order valence-corrected chi connectivity index (χ3v) is 4.26. The fraction of sp³-hybridized carbons (Fsp3) is 0.533. The zero-order valence-electron chi connectivity index (χ0n) is 13.9. The lowest BCUT2D eigenvalue weighted by Crippen LogP contribution is -2.46. The summed E-state index contributed by atoms with van der Waals surface area (Å²) in [6.45, 7) is 8.31. The molecule has 0 aromatic carbocycles. The van der Waals surface area contributed by atoms with Gasteiger partial charge in [0.1, 0.15) is 5.82 Å². The Balaban J connectivity index is 1.43. The van der Waals surface area contributed by atoms with Gasteiger partial charge in [0.2, 0.25) is 5.89 Å². The molecule has 1 fully saturated rings. The molecule has 0 saturated carbocycles. The standard InChI is InChI=1S/C15H20N8O/c1-3-13-17-18-14-4-5-15(19-23(13)14)22-8-6-21(7-9-22)10-12-16-11(2)24-20-12/h4-5H,3,6-10H2,1-2H3. The number of aryl methyl sites for hydroxylation is 2. The minimum Gasteiger partial charge on any atom is -0.353 e.